The molecule has 1 aromatic carbocycles. The second kappa shape index (κ2) is 12.7. The summed E-state index contributed by atoms with van der Waals surface area (Å²) in [5, 5.41) is 2.35. The standard InChI is InChI=1S/C29H36F4N4O6/c1-27(2,3)42-22(39)14-20(21(38)15-30)35-25(40)18-16-34-23-17(8-7-9-19(23)29(31,32)33)24(18)36-10-12-37(13-11-36)26(41)43-28(4,5)6/h7-9,16,20H,10-15H2,1-6H3,(H,35,40). The number of hydrogen-bond acceptors (Lipinski definition) is 8. The highest BCUT2D eigenvalue weighted by Gasteiger charge is 2.36. The summed E-state index contributed by atoms with van der Waals surface area (Å²) in [6, 6.07) is 1.85. The normalized spacial score (nSPS) is 15.2. The van der Waals surface area contributed by atoms with Crippen molar-refractivity contribution in [1.29, 1.82) is 0 Å². The zero-order chi connectivity index (χ0) is 32.3. The van der Waals surface area contributed by atoms with E-state index in [1.807, 2.05) is 0 Å². The number of para-hydroxylation sites is 1. The lowest BCUT2D eigenvalue weighted by Crippen LogP contribution is -2.50. The molecule has 236 valence electrons. The van der Waals surface area contributed by atoms with Gasteiger partial charge in [0, 0.05) is 37.8 Å². The first-order valence-corrected chi connectivity index (χ1v) is 13.6. The molecular weight excluding hydrogens is 576 g/mol. The third-order valence-corrected chi connectivity index (χ3v) is 6.28. The summed E-state index contributed by atoms with van der Waals surface area (Å²) in [6.07, 6.45) is -5.00. The molecule has 2 amide bonds. The Labute approximate surface area is 246 Å². The van der Waals surface area contributed by atoms with E-state index < -0.39 is 71.3 Å². The van der Waals surface area contributed by atoms with Crippen molar-refractivity contribution in [2.24, 2.45) is 0 Å². The Hall–Kier alpha value is -3.97. The average Bonchev–Trinajstić information content (AvgIpc) is 2.88. The quantitative estimate of drug-likeness (QED) is 0.354. The van der Waals surface area contributed by atoms with E-state index in [0.717, 1.165) is 12.3 Å². The van der Waals surface area contributed by atoms with Gasteiger partial charge in [-0.1, -0.05) is 12.1 Å². The van der Waals surface area contributed by atoms with Crippen molar-refractivity contribution in [2.45, 2.75) is 71.4 Å². The van der Waals surface area contributed by atoms with Crippen LogP contribution in [0.5, 0.6) is 0 Å². The summed E-state index contributed by atoms with van der Waals surface area (Å²) in [6.45, 7) is 9.00. The zero-order valence-electron chi connectivity index (χ0n) is 24.9. The molecule has 1 unspecified atom stereocenters. The molecule has 1 fully saturated rings. The summed E-state index contributed by atoms with van der Waals surface area (Å²) in [5.41, 5.74) is -3.17. The maximum Gasteiger partial charge on any atom is 0.418 e. The maximum absolute atomic E-state index is 13.9. The van der Waals surface area contributed by atoms with Crippen molar-refractivity contribution in [2.75, 3.05) is 37.8 Å². The van der Waals surface area contributed by atoms with Crippen LogP contribution in [0.4, 0.5) is 28.0 Å². The number of nitrogens with one attached hydrogen (secondary N) is 1. The number of fused-ring (bicyclic) bond motifs is 1. The molecule has 0 saturated carbocycles. The van der Waals surface area contributed by atoms with E-state index in [0.29, 0.717) is 0 Å². The maximum atomic E-state index is 13.9. The predicted molar refractivity (Wildman–Crippen MR) is 149 cm³/mol. The van der Waals surface area contributed by atoms with Crippen molar-refractivity contribution < 1.29 is 46.2 Å². The predicted octanol–water partition coefficient (Wildman–Crippen LogP) is 4.68. The number of aromatic nitrogens is 1. The van der Waals surface area contributed by atoms with Gasteiger partial charge < -0.3 is 24.6 Å². The number of halogens is 4. The minimum Gasteiger partial charge on any atom is -0.460 e. The molecule has 0 spiro atoms. The molecule has 10 nitrogen and oxygen atoms in total. The van der Waals surface area contributed by atoms with Crippen LogP contribution in [-0.4, -0.2) is 83.7 Å². The summed E-state index contributed by atoms with van der Waals surface area (Å²) >= 11 is 0. The monoisotopic (exact) mass is 612 g/mol. The van der Waals surface area contributed by atoms with Gasteiger partial charge in [0.2, 0.25) is 0 Å². The Morgan fingerprint density at radius 3 is 2.09 bits per heavy atom. The lowest BCUT2D eigenvalue weighted by Gasteiger charge is -2.38. The topological polar surface area (TPSA) is 118 Å². The van der Waals surface area contributed by atoms with E-state index in [2.05, 4.69) is 10.3 Å². The number of ether oxygens (including phenoxy) is 2. The number of carbonyl (C=O) groups is 4. The average molecular weight is 613 g/mol. The first-order valence-electron chi connectivity index (χ1n) is 13.6. The number of rotatable bonds is 7. The highest BCUT2D eigenvalue weighted by molar-refractivity contribution is 6.09. The number of piperazine rings is 1. The van der Waals surface area contributed by atoms with Crippen molar-refractivity contribution >= 4 is 40.3 Å². The minimum absolute atomic E-state index is 0.00806. The fourth-order valence-electron chi connectivity index (χ4n) is 4.51. The Morgan fingerprint density at radius 2 is 1.56 bits per heavy atom. The van der Waals surface area contributed by atoms with Crippen molar-refractivity contribution in [3.05, 3.63) is 35.5 Å². The fraction of sp³-hybridized carbons (Fsp3) is 0.552. The van der Waals surface area contributed by atoms with Crippen LogP contribution >= 0.6 is 0 Å². The second-order valence-corrected chi connectivity index (χ2v) is 12.1. The summed E-state index contributed by atoms with van der Waals surface area (Å²) in [4.78, 5) is 57.9. The molecule has 43 heavy (non-hydrogen) atoms. The molecule has 0 bridgehead atoms. The van der Waals surface area contributed by atoms with Gasteiger partial charge in [-0.3, -0.25) is 19.4 Å². The second-order valence-electron chi connectivity index (χ2n) is 12.1. The molecule has 1 saturated heterocycles. The van der Waals surface area contributed by atoms with E-state index in [-0.39, 0.29) is 42.8 Å². The first kappa shape index (κ1) is 33.5. The highest BCUT2D eigenvalue weighted by atomic mass is 19.4. The summed E-state index contributed by atoms with van der Waals surface area (Å²) in [7, 11) is 0. The van der Waals surface area contributed by atoms with Crippen LogP contribution in [-0.2, 0) is 25.2 Å². The lowest BCUT2D eigenvalue weighted by molar-refractivity contribution is -0.156. The van der Waals surface area contributed by atoms with Crippen molar-refractivity contribution in [3.8, 4) is 0 Å². The molecular formula is C29H36F4N4O6. The zero-order valence-corrected chi connectivity index (χ0v) is 24.9. The van der Waals surface area contributed by atoms with Crippen LogP contribution in [0.2, 0.25) is 0 Å². The van der Waals surface area contributed by atoms with Crippen LogP contribution in [0, 0.1) is 0 Å². The number of carbonyl (C=O) groups excluding carboxylic acids is 4. The van der Waals surface area contributed by atoms with Crippen LogP contribution in [0.3, 0.4) is 0 Å². The van der Waals surface area contributed by atoms with Gasteiger partial charge in [0.25, 0.3) is 5.91 Å². The highest BCUT2D eigenvalue weighted by Crippen LogP contribution is 2.38. The van der Waals surface area contributed by atoms with E-state index in [4.69, 9.17) is 9.47 Å². The number of Topliss-reactive ketones (excluding diaryl/α,β-unsaturated/α-hetero) is 1. The molecule has 1 N–H and O–H groups in total. The molecule has 14 heteroatoms. The van der Waals surface area contributed by atoms with Gasteiger partial charge in [-0.25, -0.2) is 9.18 Å². The number of hydrogen-bond donors (Lipinski definition) is 1. The van der Waals surface area contributed by atoms with Gasteiger partial charge >= 0.3 is 18.2 Å². The van der Waals surface area contributed by atoms with Crippen LogP contribution in [0.25, 0.3) is 10.9 Å². The molecule has 1 aliphatic rings. The Kier molecular flexibility index (Phi) is 9.92. The lowest BCUT2D eigenvalue weighted by atomic mass is 10.0. The number of anilines is 1. The Bertz CT molecular complexity index is 1380. The number of ketones is 1. The smallest absolute Gasteiger partial charge is 0.418 e. The molecule has 2 heterocycles. The molecule has 0 radical (unpaired) electrons. The van der Waals surface area contributed by atoms with Crippen LogP contribution < -0.4 is 10.2 Å². The SMILES string of the molecule is CC(C)(C)OC(=O)CC(NC(=O)c1cnc2c(C(F)(F)F)cccc2c1N1CCN(C(=O)OC(C)(C)C)CC1)C(=O)CF. The third kappa shape index (κ3) is 8.77. The summed E-state index contributed by atoms with van der Waals surface area (Å²) < 4.78 is 65.6. The van der Waals surface area contributed by atoms with Crippen molar-refractivity contribution in [3.63, 3.8) is 0 Å². The Morgan fingerprint density at radius 1 is 0.953 bits per heavy atom. The number of alkyl halides is 4. The van der Waals surface area contributed by atoms with Gasteiger partial charge in [0.1, 0.15) is 23.9 Å². The number of amides is 2. The molecule has 0 aliphatic carbocycles. The number of benzene rings is 1. The molecule has 1 aromatic heterocycles. The minimum atomic E-state index is -4.74. The largest absolute Gasteiger partial charge is 0.460 e. The van der Waals surface area contributed by atoms with E-state index in [9.17, 15) is 36.7 Å². The molecule has 3 rings (SSSR count). The van der Waals surface area contributed by atoms with Gasteiger partial charge in [0.15, 0.2) is 5.78 Å². The molecule has 1 aliphatic heterocycles. The number of esters is 1. The first-order chi connectivity index (χ1) is 19.8. The van der Waals surface area contributed by atoms with E-state index >= 15 is 0 Å². The van der Waals surface area contributed by atoms with Gasteiger partial charge in [-0.05, 0) is 47.6 Å². The summed E-state index contributed by atoms with van der Waals surface area (Å²) in [5.74, 6) is -2.89. The third-order valence-electron chi connectivity index (χ3n) is 6.28. The number of pyridine rings is 1. The van der Waals surface area contributed by atoms with Crippen molar-refractivity contribution in [1.82, 2.24) is 15.2 Å². The van der Waals surface area contributed by atoms with Gasteiger partial charge in [-0.15, -0.1) is 0 Å². The number of nitrogens with zero attached hydrogens (tertiary/aromatic N) is 3. The molecule has 2 aromatic rings. The van der Waals surface area contributed by atoms with Gasteiger partial charge in [-0.2, -0.15) is 13.2 Å². The van der Waals surface area contributed by atoms with Crippen LogP contribution in [0.1, 0.15) is 63.9 Å². The fourth-order valence-corrected chi connectivity index (χ4v) is 4.51. The van der Waals surface area contributed by atoms with Crippen LogP contribution in [0.15, 0.2) is 24.4 Å². The Balaban J connectivity index is 2.01. The van der Waals surface area contributed by atoms with E-state index in [1.54, 1.807) is 46.4 Å². The molecule has 1 atom stereocenters. The van der Waals surface area contributed by atoms with E-state index in [1.165, 1.54) is 17.0 Å². The van der Waals surface area contributed by atoms with Gasteiger partial charge in [0.05, 0.1) is 28.8 Å².